The maximum atomic E-state index is 12.0. The molecule has 0 aliphatic rings. The van der Waals surface area contributed by atoms with Crippen LogP contribution in [0.5, 0.6) is 0 Å². The van der Waals surface area contributed by atoms with Crippen molar-refractivity contribution in [1.29, 1.82) is 0 Å². The Morgan fingerprint density at radius 1 is 0.433 bits per heavy atom. The molecule has 0 aliphatic carbocycles. The molecule has 178 valence electrons. The third kappa shape index (κ3) is 17.4. The minimum absolute atomic E-state index is 0.0561. The van der Waals surface area contributed by atoms with E-state index in [1.54, 1.807) is 0 Å². The van der Waals surface area contributed by atoms with Crippen LogP contribution in [0.25, 0.3) is 0 Å². The number of hydrogen-bond donors (Lipinski definition) is 2. The molecule has 0 bridgehead atoms. The summed E-state index contributed by atoms with van der Waals surface area (Å²) in [6, 6.07) is 0. The van der Waals surface area contributed by atoms with E-state index < -0.39 is 24.2 Å². The summed E-state index contributed by atoms with van der Waals surface area (Å²) in [6.45, 7) is 0.112. The lowest BCUT2D eigenvalue weighted by Crippen LogP contribution is -2.37. The van der Waals surface area contributed by atoms with Crippen LogP contribution in [0.15, 0.2) is 0 Å². The van der Waals surface area contributed by atoms with Gasteiger partial charge < -0.3 is 10.6 Å². The zero-order chi connectivity index (χ0) is 22.9. The Morgan fingerprint density at radius 2 is 0.633 bits per heavy atom. The molecule has 0 atom stereocenters. The molecule has 0 aromatic carbocycles. The van der Waals surface area contributed by atoms with Crippen LogP contribution >= 0.6 is 0 Å². The Morgan fingerprint density at radius 3 is 0.833 bits per heavy atom. The molecule has 0 aromatic rings. The highest BCUT2D eigenvalue weighted by molar-refractivity contribution is 5.81. The highest BCUT2D eigenvalue weighted by Gasteiger charge is 2.38. The number of amides is 2. The molecular weight excluding hydrogens is 414 g/mol. The summed E-state index contributed by atoms with van der Waals surface area (Å²) in [4.78, 5) is 21.2. The van der Waals surface area contributed by atoms with Gasteiger partial charge in [0.2, 0.25) is 0 Å². The Labute approximate surface area is 174 Å². The van der Waals surface area contributed by atoms with Gasteiger partial charge in [-0.05, 0) is 12.8 Å². The molecule has 30 heavy (non-hydrogen) atoms. The quantitative estimate of drug-likeness (QED) is 0.218. The topological polar surface area (TPSA) is 58.2 Å². The van der Waals surface area contributed by atoms with Crippen LogP contribution in [0.4, 0.5) is 26.3 Å². The van der Waals surface area contributed by atoms with E-state index in [0.717, 1.165) is 77.0 Å². The summed E-state index contributed by atoms with van der Waals surface area (Å²) in [6.07, 6.45) is 3.81. The van der Waals surface area contributed by atoms with Crippen LogP contribution in [0.3, 0.4) is 0 Å². The van der Waals surface area contributed by atoms with E-state index in [4.69, 9.17) is 0 Å². The van der Waals surface area contributed by atoms with E-state index in [0.29, 0.717) is 12.8 Å². The van der Waals surface area contributed by atoms with Crippen LogP contribution in [-0.2, 0) is 9.59 Å². The monoisotopic (exact) mass is 448 g/mol. The number of hydrogen-bond acceptors (Lipinski definition) is 2. The van der Waals surface area contributed by atoms with Crippen LogP contribution in [-0.4, -0.2) is 37.3 Å². The summed E-state index contributed by atoms with van der Waals surface area (Å²) >= 11 is 0. The predicted octanol–water partition coefficient (Wildman–Crippen LogP) is 5.80. The predicted molar refractivity (Wildman–Crippen MR) is 103 cm³/mol. The lowest BCUT2D eigenvalue weighted by atomic mass is 10.0. The second-order valence-electron chi connectivity index (χ2n) is 7.46. The maximum Gasteiger partial charge on any atom is 0.471 e. The van der Waals surface area contributed by atoms with Crippen molar-refractivity contribution in [2.75, 3.05) is 13.1 Å². The van der Waals surface area contributed by atoms with Gasteiger partial charge in [-0.15, -0.1) is 0 Å². The van der Waals surface area contributed by atoms with E-state index in [2.05, 4.69) is 0 Å². The van der Waals surface area contributed by atoms with Gasteiger partial charge in [-0.2, -0.15) is 26.3 Å². The van der Waals surface area contributed by atoms with Crippen molar-refractivity contribution in [3.05, 3.63) is 0 Å². The van der Waals surface area contributed by atoms with Crippen molar-refractivity contribution >= 4 is 11.8 Å². The van der Waals surface area contributed by atoms with Crippen LogP contribution in [0.2, 0.25) is 0 Å². The molecule has 0 heterocycles. The summed E-state index contributed by atoms with van der Waals surface area (Å²) in [5.41, 5.74) is 0. The summed E-state index contributed by atoms with van der Waals surface area (Å²) in [7, 11) is 0. The highest BCUT2D eigenvalue weighted by atomic mass is 19.4. The first-order chi connectivity index (χ1) is 14.0. The van der Waals surface area contributed by atoms with Gasteiger partial charge in [0.15, 0.2) is 0 Å². The Bertz CT molecular complexity index is 425. The largest absolute Gasteiger partial charge is 0.471 e. The standard InChI is InChI=1S/C20H34F6N2O2/c21-19(22,23)17(29)27-15-13-11-9-7-5-3-1-2-4-6-8-10-12-14-16-28-18(30)20(24,25)26/h1-16H2,(H,27,29)(H,28,30). The van der Waals surface area contributed by atoms with Gasteiger partial charge in [0.05, 0.1) is 0 Å². The Hall–Kier alpha value is -1.48. The van der Waals surface area contributed by atoms with Crippen LogP contribution < -0.4 is 10.6 Å². The minimum atomic E-state index is -4.81. The average Bonchev–Trinajstić information content (AvgIpc) is 2.65. The summed E-state index contributed by atoms with van der Waals surface area (Å²) < 4.78 is 71.8. The summed E-state index contributed by atoms with van der Waals surface area (Å²) in [5, 5.41) is 3.72. The first kappa shape index (κ1) is 28.5. The zero-order valence-electron chi connectivity index (χ0n) is 17.4. The molecule has 0 radical (unpaired) electrons. The Balaban J connectivity index is 3.22. The molecule has 0 saturated heterocycles. The number of carbonyl (C=O) groups excluding carboxylic acids is 2. The minimum Gasteiger partial charge on any atom is -0.348 e. The average molecular weight is 448 g/mol. The molecule has 0 spiro atoms. The molecule has 0 aromatic heterocycles. The van der Waals surface area contributed by atoms with Gasteiger partial charge in [-0.3, -0.25) is 9.59 Å². The second-order valence-corrected chi connectivity index (χ2v) is 7.46. The summed E-state index contributed by atoms with van der Waals surface area (Å²) in [5.74, 6) is -3.76. The zero-order valence-corrected chi connectivity index (χ0v) is 17.4. The molecule has 0 fully saturated rings. The molecule has 0 saturated carbocycles. The molecule has 0 aliphatic heterocycles. The fourth-order valence-corrected chi connectivity index (χ4v) is 2.98. The molecule has 0 rings (SSSR count). The molecule has 2 N–H and O–H groups in total. The van der Waals surface area contributed by atoms with E-state index in [9.17, 15) is 35.9 Å². The lowest BCUT2D eigenvalue weighted by Gasteiger charge is -2.07. The van der Waals surface area contributed by atoms with E-state index in [-0.39, 0.29) is 13.1 Å². The molecule has 10 heteroatoms. The van der Waals surface area contributed by atoms with Crippen molar-refractivity contribution in [3.63, 3.8) is 0 Å². The molecular formula is C20H34F6N2O2. The van der Waals surface area contributed by atoms with Gasteiger partial charge >= 0.3 is 24.2 Å². The number of unbranched alkanes of at least 4 members (excludes halogenated alkanes) is 13. The van der Waals surface area contributed by atoms with Crippen LogP contribution in [0.1, 0.15) is 89.9 Å². The number of alkyl halides is 6. The third-order valence-electron chi connectivity index (χ3n) is 4.69. The smallest absolute Gasteiger partial charge is 0.348 e. The van der Waals surface area contributed by atoms with Gasteiger partial charge in [0.25, 0.3) is 0 Å². The Kier molecular flexibility index (Phi) is 15.4. The second kappa shape index (κ2) is 16.2. The molecule has 4 nitrogen and oxygen atoms in total. The highest BCUT2D eigenvalue weighted by Crippen LogP contribution is 2.16. The normalized spacial score (nSPS) is 12.1. The fourth-order valence-electron chi connectivity index (χ4n) is 2.98. The third-order valence-corrected chi connectivity index (χ3v) is 4.69. The number of nitrogens with one attached hydrogen (secondary N) is 2. The molecule has 2 amide bonds. The van der Waals surface area contributed by atoms with Crippen molar-refractivity contribution in [2.45, 2.75) is 102 Å². The first-order valence-electron chi connectivity index (χ1n) is 10.7. The van der Waals surface area contributed by atoms with Gasteiger partial charge in [0, 0.05) is 13.1 Å². The van der Waals surface area contributed by atoms with Gasteiger partial charge in [-0.25, -0.2) is 0 Å². The SMILES string of the molecule is O=C(NCCCCCCCCCCCCCCCCNC(=O)C(F)(F)F)C(F)(F)F. The molecule has 0 unspecified atom stereocenters. The van der Waals surface area contributed by atoms with E-state index in [1.807, 2.05) is 10.6 Å². The number of halogens is 6. The van der Waals surface area contributed by atoms with Gasteiger partial charge in [-0.1, -0.05) is 77.0 Å². The van der Waals surface area contributed by atoms with Gasteiger partial charge in [0.1, 0.15) is 0 Å². The van der Waals surface area contributed by atoms with Crippen molar-refractivity contribution in [3.8, 4) is 0 Å². The van der Waals surface area contributed by atoms with Crippen LogP contribution in [0, 0.1) is 0 Å². The fraction of sp³-hybridized carbons (Fsp3) is 0.900. The first-order valence-corrected chi connectivity index (χ1v) is 10.7. The van der Waals surface area contributed by atoms with E-state index in [1.165, 1.54) is 0 Å². The van der Waals surface area contributed by atoms with Crippen molar-refractivity contribution in [1.82, 2.24) is 10.6 Å². The van der Waals surface area contributed by atoms with E-state index >= 15 is 0 Å². The van der Waals surface area contributed by atoms with Crippen molar-refractivity contribution < 1.29 is 35.9 Å². The number of carbonyl (C=O) groups is 2. The van der Waals surface area contributed by atoms with Crippen molar-refractivity contribution in [2.24, 2.45) is 0 Å². The number of rotatable bonds is 17. The lowest BCUT2D eigenvalue weighted by molar-refractivity contribution is -0.173. The maximum absolute atomic E-state index is 12.0.